The van der Waals surface area contributed by atoms with Crippen LogP contribution in [0.5, 0.6) is 0 Å². The van der Waals surface area contributed by atoms with Crippen LogP contribution in [0.1, 0.15) is 23.5 Å². The maximum atomic E-state index is 11.9. The van der Waals surface area contributed by atoms with E-state index in [1.165, 1.54) is 11.3 Å². The molecule has 1 amide bonds. The number of hydrogen-bond acceptors (Lipinski definition) is 5. The molecule has 1 rings (SSSR count). The van der Waals surface area contributed by atoms with Crippen molar-refractivity contribution in [2.45, 2.75) is 13.8 Å². The van der Waals surface area contributed by atoms with Crippen LogP contribution in [0.15, 0.2) is 0 Å². The van der Waals surface area contributed by atoms with Gasteiger partial charge in [-0.1, -0.05) is 22.9 Å². The van der Waals surface area contributed by atoms with E-state index >= 15 is 0 Å². The molecule has 0 radical (unpaired) electrons. The summed E-state index contributed by atoms with van der Waals surface area (Å²) < 4.78 is 0. The quantitative estimate of drug-likeness (QED) is 0.751. The van der Waals surface area contributed by atoms with Crippen LogP contribution in [0.25, 0.3) is 0 Å². The average Bonchev–Trinajstić information content (AvgIpc) is 2.72. The highest BCUT2D eigenvalue weighted by molar-refractivity contribution is 7.17. The van der Waals surface area contributed by atoms with Gasteiger partial charge in [0.1, 0.15) is 4.88 Å². The summed E-state index contributed by atoms with van der Waals surface area (Å²) in [6.45, 7) is 5.46. The third-order valence-corrected chi connectivity index (χ3v) is 4.02. The molecule has 1 aromatic rings. The van der Waals surface area contributed by atoms with Gasteiger partial charge in [-0.3, -0.25) is 9.59 Å². The lowest BCUT2D eigenvalue weighted by Gasteiger charge is -2.22. The normalized spacial score (nSPS) is 10.2. The number of carbonyl (C=O) groups excluding carboxylic acids is 2. The van der Waals surface area contributed by atoms with E-state index in [2.05, 4.69) is 4.98 Å². The summed E-state index contributed by atoms with van der Waals surface area (Å²) in [6, 6.07) is 0. The SMILES string of the molecule is CCN(CC)C(=O)CN(C)c1nc(Cl)c(C=O)s1. The van der Waals surface area contributed by atoms with Crippen molar-refractivity contribution in [3.05, 3.63) is 10.0 Å². The number of nitrogens with zero attached hydrogens (tertiary/aromatic N) is 3. The summed E-state index contributed by atoms with van der Waals surface area (Å²) in [5, 5.41) is 0.759. The molecular weight excluding hydrogens is 274 g/mol. The number of halogens is 1. The Labute approximate surface area is 115 Å². The number of thiazole rings is 1. The maximum absolute atomic E-state index is 11.9. The second kappa shape index (κ2) is 6.70. The highest BCUT2D eigenvalue weighted by Crippen LogP contribution is 2.27. The first-order chi connectivity index (χ1) is 8.53. The number of carbonyl (C=O) groups is 2. The molecule has 1 heterocycles. The Bertz CT molecular complexity index is 432. The number of amides is 1. The monoisotopic (exact) mass is 289 g/mol. The lowest BCUT2D eigenvalue weighted by molar-refractivity contribution is -0.129. The van der Waals surface area contributed by atoms with Crippen molar-refractivity contribution in [2.75, 3.05) is 31.6 Å². The second-order valence-corrected chi connectivity index (χ2v) is 5.06. The molecular formula is C11H16ClN3O2S. The van der Waals surface area contributed by atoms with Crippen LogP contribution in [0.3, 0.4) is 0 Å². The largest absolute Gasteiger partial charge is 0.342 e. The maximum Gasteiger partial charge on any atom is 0.242 e. The topological polar surface area (TPSA) is 53.5 Å². The molecule has 1 aromatic heterocycles. The Hall–Kier alpha value is -1.14. The number of hydrogen-bond donors (Lipinski definition) is 0. The highest BCUT2D eigenvalue weighted by atomic mass is 35.5. The van der Waals surface area contributed by atoms with Gasteiger partial charge < -0.3 is 9.80 Å². The summed E-state index contributed by atoms with van der Waals surface area (Å²) in [5.74, 6) is 0.0291. The van der Waals surface area contributed by atoms with E-state index in [4.69, 9.17) is 11.6 Å². The van der Waals surface area contributed by atoms with Crippen molar-refractivity contribution >= 4 is 40.3 Å². The van der Waals surface area contributed by atoms with Crippen LogP contribution in [-0.4, -0.2) is 48.8 Å². The number of aldehydes is 1. The van der Waals surface area contributed by atoms with E-state index in [9.17, 15) is 9.59 Å². The second-order valence-electron chi connectivity index (χ2n) is 3.69. The first kappa shape index (κ1) is 14.9. The smallest absolute Gasteiger partial charge is 0.242 e. The number of rotatable bonds is 6. The first-order valence-electron chi connectivity index (χ1n) is 5.63. The van der Waals surface area contributed by atoms with Gasteiger partial charge in [0.05, 0.1) is 6.54 Å². The van der Waals surface area contributed by atoms with Crippen LogP contribution >= 0.6 is 22.9 Å². The van der Waals surface area contributed by atoms with Gasteiger partial charge in [-0.15, -0.1) is 0 Å². The van der Waals surface area contributed by atoms with Gasteiger partial charge in [0.15, 0.2) is 16.6 Å². The number of aromatic nitrogens is 1. The molecule has 0 aliphatic heterocycles. The summed E-state index contributed by atoms with van der Waals surface area (Å²) in [6.07, 6.45) is 0.670. The minimum Gasteiger partial charge on any atom is -0.342 e. The van der Waals surface area contributed by atoms with Gasteiger partial charge in [0.2, 0.25) is 5.91 Å². The van der Waals surface area contributed by atoms with Crippen LogP contribution in [0.2, 0.25) is 5.15 Å². The summed E-state index contributed by atoms with van der Waals surface area (Å²) >= 11 is 6.97. The zero-order chi connectivity index (χ0) is 13.7. The summed E-state index contributed by atoms with van der Waals surface area (Å²) in [7, 11) is 1.76. The molecule has 0 aliphatic rings. The van der Waals surface area contributed by atoms with Gasteiger partial charge in [0, 0.05) is 20.1 Å². The van der Waals surface area contributed by atoms with E-state index in [1.54, 1.807) is 16.8 Å². The average molecular weight is 290 g/mol. The van der Waals surface area contributed by atoms with Crippen LogP contribution in [-0.2, 0) is 4.79 Å². The van der Waals surface area contributed by atoms with E-state index < -0.39 is 0 Å². The molecule has 0 unspecified atom stereocenters. The lowest BCUT2D eigenvalue weighted by atomic mass is 10.4. The predicted octanol–water partition coefficient (Wildman–Crippen LogP) is 1.91. The predicted molar refractivity (Wildman–Crippen MR) is 73.7 cm³/mol. The van der Waals surface area contributed by atoms with Crippen molar-refractivity contribution < 1.29 is 9.59 Å². The van der Waals surface area contributed by atoms with Crippen LogP contribution in [0, 0.1) is 0 Å². The lowest BCUT2D eigenvalue weighted by Crippen LogP contribution is -2.38. The summed E-state index contributed by atoms with van der Waals surface area (Å²) in [5.41, 5.74) is 0. The molecule has 100 valence electrons. The zero-order valence-corrected chi connectivity index (χ0v) is 12.2. The van der Waals surface area contributed by atoms with Crippen molar-refractivity contribution in [2.24, 2.45) is 0 Å². The van der Waals surface area contributed by atoms with E-state index in [0.29, 0.717) is 29.4 Å². The fraction of sp³-hybridized carbons (Fsp3) is 0.545. The number of anilines is 1. The third kappa shape index (κ3) is 3.43. The number of likely N-dealkylation sites (N-methyl/N-ethyl adjacent to an activating group) is 2. The van der Waals surface area contributed by atoms with E-state index in [-0.39, 0.29) is 17.6 Å². The highest BCUT2D eigenvalue weighted by Gasteiger charge is 2.16. The van der Waals surface area contributed by atoms with Gasteiger partial charge in [0.25, 0.3) is 0 Å². The van der Waals surface area contributed by atoms with Gasteiger partial charge in [-0.25, -0.2) is 4.98 Å². The van der Waals surface area contributed by atoms with Crippen molar-refractivity contribution in [3.8, 4) is 0 Å². The molecule has 0 saturated heterocycles. The molecule has 0 saturated carbocycles. The molecule has 0 aliphatic carbocycles. The van der Waals surface area contributed by atoms with Crippen LogP contribution in [0.4, 0.5) is 5.13 Å². The molecule has 5 nitrogen and oxygen atoms in total. The molecule has 0 bridgehead atoms. The van der Waals surface area contributed by atoms with Crippen LogP contribution < -0.4 is 4.90 Å². The van der Waals surface area contributed by atoms with Gasteiger partial charge >= 0.3 is 0 Å². The molecule has 0 N–H and O–H groups in total. The van der Waals surface area contributed by atoms with Gasteiger partial charge in [-0.2, -0.15) is 0 Å². The van der Waals surface area contributed by atoms with Crippen molar-refractivity contribution in [3.63, 3.8) is 0 Å². The first-order valence-corrected chi connectivity index (χ1v) is 6.83. The zero-order valence-electron chi connectivity index (χ0n) is 10.6. The molecule has 0 aromatic carbocycles. The minimum absolute atomic E-state index is 0.0291. The molecule has 0 fully saturated rings. The molecule has 0 spiro atoms. The fourth-order valence-corrected chi connectivity index (χ4v) is 2.51. The van der Waals surface area contributed by atoms with Gasteiger partial charge in [-0.05, 0) is 13.8 Å². The van der Waals surface area contributed by atoms with Crippen molar-refractivity contribution in [1.29, 1.82) is 0 Å². The Kier molecular flexibility index (Phi) is 5.55. The fourth-order valence-electron chi connectivity index (χ4n) is 1.49. The molecule has 18 heavy (non-hydrogen) atoms. The standard InChI is InChI=1S/C11H16ClN3O2S/c1-4-15(5-2)9(17)6-14(3)11-13-10(12)8(7-16)18-11/h7H,4-6H2,1-3H3. The van der Waals surface area contributed by atoms with Crippen molar-refractivity contribution in [1.82, 2.24) is 9.88 Å². The Morgan fingerprint density at radius 2 is 2.06 bits per heavy atom. The Balaban J connectivity index is 2.72. The van der Waals surface area contributed by atoms with E-state index in [1.807, 2.05) is 13.8 Å². The Morgan fingerprint density at radius 1 is 1.44 bits per heavy atom. The molecule has 7 heteroatoms. The minimum atomic E-state index is 0.0291. The summed E-state index contributed by atoms with van der Waals surface area (Å²) in [4.78, 5) is 30.5. The molecule has 0 atom stereocenters. The van der Waals surface area contributed by atoms with E-state index in [0.717, 1.165) is 0 Å². The Morgan fingerprint density at radius 3 is 2.50 bits per heavy atom. The third-order valence-electron chi connectivity index (χ3n) is 2.52.